The molecular weight excluding hydrogens is 953 g/mol. The van der Waals surface area contributed by atoms with Crippen molar-refractivity contribution in [3.8, 4) is 50.8 Å². The summed E-state index contributed by atoms with van der Waals surface area (Å²) in [5.74, 6) is 0. The van der Waals surface area contributed by atoms with Gasteiger partial charge in [0.05, 0.1) is 55.0 Å². The van der Waals surface area contributed by atoms with E-state index in [1.807, 2.05) is 48.5 Å². The second-order valence-corrected chi connectivity index (χ2v) is 21.3. The Morgan fingerprint density at radius 2 is 0.907 bits per heavy atom. The fourth-order valence-corrected chi connectivity index (χ4v) is 14.7. The molecule has 0 aliphatic carbocycles. The summed E-state index contributed by atoms with van der Waals surface area (Å²) < 4.78 is 16.4. The third-order valence-corrected chi connectivity index (χ3v) is 17.8. The number of nitrogens with zero attached hydrogens (tertiary/aromatic N) is 4. The van der Waals surface area contributed by atoms with Crippen molar-refractivity contribution < 1.29 is 4.42 Å². The monoisotopic (exact) mass is 988 g/mol. The summed E-state index contributed by atoms with van der Waals surface area (Å²) in [4.78, 5) is 4.68. The number of fused-ring (bicyclic) bond motifs is 18. The maximum absolute atomic E-state index is 12.3. The number of furan rings is 1. The highest BCUT2D eigenvalue weighted by atomic mass is 32.1. The molecule has 0 saturated heterocycles. The van der Waals surface area contributed by atoms with E-state index in [-0.39, 0.29) is 0 Å². The van der Waals surface area contributed by atoms with Gasteiger partial charge in [0.1, 0.15) is 11.7 Å². The highest BCUT2D eigenvalue weighted by Crippen LogP contribution is 2.55. The van der Waals surface area contributed by atoms with Crippen LogP contribution in [0.1, 0.15) is 5.56 Å². The first-order valence-corrected chi connectivity index (χ1v) is 26.6. The lowest BCUT2D eigenvalue weighted by Crippen LogP contribution is -2.09. The Bertz CT molecular complexity index is 5070. The zero-order valence-electron chi connectivity index (χ0n) is 39.8. The third kappa shape index (κ3) is 5.79. The van der Waals surface area contributed by atoms with Crippen LogP contribution in [0.2, 0.25) is 0 Å². The molecule has 346 valence electrons. The molecule has 0 atom stereocenters. The molecule has 0 unspecified atom stereocenters. The lowest BCUT2D eigenvalue weighted by molar-refractivity contribution is 0.671. The Labute approximate surface area is 436 Å². The molecule has 75 heavy (non-hydrogen) atoms. The molecule has 0 aliphatic heterocycles. The van der Waals surface area contributed by atoms with Crippen molar-refractivity contribution in [3.05, 3.63) is 235 Å². The quantitative estimate of drug-likeness (QED) is 0.161. The lowest BCUT2D eigenvalue weighted by Gasteiger charge is -2.26. The molecule has 16 rings (SSSR count). The largest absolute Gasteiger partial charge is 0.454 e. The number of hydrogen-bond acceptors (Lipinski definition) is 4. The van der Waals surface area contributed by atoms with Gasteiger partial charge >= 0.3 is 0 Å². The van der Waals surface area contributed by atoms with Gasteiger partial charge in [-0.1, -0.05) is 188 Å². The molecule has 0 aliphatic rings. The van der Waals surface area contributed by atoms with E-state index in [1.165, 1.54) is 20.2 Å². The standard InChI is InChI=1S/C68H36N4OS2/c1-70-60-58(40-19-7-3-8-20-40)53(38-69)61(71-54-37-42(39-17-5-2-6-18-39)29-30-43(54)47-32-35-51-45-24-12-15-27-56(45)74-67(51)63(47)71)59(41-21-9-4-10-22-41)65(60)72-62-48(31-34-50-44-23-11-14-26-55(44)73-66(50)62)49-33-36-52-46-25-13-16-28-57(46)75-68(52)64(49)72/h2-37H. The van der Waals surface area contributed by atoms with Gasteiger partial charge in [-0.2, -0.15) is 5.26 Å². The molecule has 0 N–H and O–H groups in total. The first-order valence-electron chi connectivity index (χ1n) is 24.9. The Morgan fingerprint density at radius 3 is 1.53 bits per heavy atom. The van der Waals surface area contributed by atoms with Gasteiger partial charge in [-0.05, 0) is 52.6 Å². The summed E-state index contributed by atoms with van der Waals surface area (Å²) in [6.45, 7) is 9.60. The predicted octanol–water partition coefficient (Wildman–Crippen LogP) is 19.9. The van der Waals surface area contributed by atoms with Crippen LogP contribution in [-0.4, -0.2) is 9.13 Å². The number of nitriles is 1. The number of hydrogen-bond donors (Lipinski definition) is 0. The molecule has 0 bridgehead atoms. The van der Waals surface area contributed by atoms with Crippen molar-refractivity contribution in [2.24, 2.45) is 0 Å². The Balaban J connectivity index is 1.22. The highest BCUT2D eigenvalue weighted by molar-refractivity contribution is 7.27. The fourth-order valence-electron chi connectivity index (χ4n) is 12.2. The van der Waals surface area contributed by atoms with Crippen molar-refractivity contribution in [1.29, 1.82) is 5.26 Å². The van der Waals surface area contributed by atoms with Crippen LogP contribution in [0.5, 0.6) is 0 Å². The van der Waals surface area contributed by atoms with Gasteiger partial charge in [0.2, 0.25) is 5.69 Å². The molecule has 0 fully saturated rings. The zero-order valence-corrected chi connectivity index (χ0v) is 41.4. The van der Waals surface area contributed by atoms with Gasteiger partial charge in [-0.15, -0.1) is 22.7 Å². The van der Waals surface area contributed by atoms with E-state index in [4.69, 9.17) is 4.42 Å². The van der Waals surface area contributed by atoms with Crippen LogP contribution in [0.3, 0.4) is 0 Å². The molecule has 5 nitrogen and oxygen atoms in total. The van der Waals surface area contributed by atoms with E-state index >= 15 is 0 Å². The smallest absolute Gasteiger partial charge is 0.220 e. The Kier molecular flexibility index (Phi) is 8.85. The summed E-state index contributed by atoms with van der Waals surface area (Å²) >= 11 is 3.56. The number of thiophene rings is 2. The normalized spacial score (nSPS) is 12.0. The third-order valence-electron chi connectivity index (χ3n) is 15.4. The number of rotatable bonds is 5. The SMILES string of the molecule is [C-]#[N+]c1c(-c2ccccc2)c(C#N)c(-n2c3cc(-c4ccccc4)ccc3c3ccc4c5ccccc5sc4c32)c(-c2ccccc2)c1-n1c2c(ccc3c4ccccc4oc32)c2ccc3c4ccccc4sc3c21. The van der Waals surface area contributed by atoms with E-state index in [1.54, 1.807) is 22.7 Å². The van der Waals surface area contributed by atoms with Gasteiger partial charge < -0.3 is 13.6 Å². The van der Waals surface area contributed by atoms with E-state index in [2.05, 4.69) is 190 Å². The molecule has 5 heterocycles. The highest BCUT2D eigenvalue weighted by Gasteiger charge is 2.34. The second-order valence-electron chi connectivity index (χ2n) is 19.2. The number of aromatic nitrogens is 2. The minimum absolute atomic E-state index is 0.378. The number of benzene rings is 11. The van der Waals surface area contributed by atoms with Crippen LogP contribution in [0, 0.1) is 17.9 Å². The molecule has 16 aromatic rings. The molecule has 7 heteroatoms. The van der Waals surface area contributed by atoms with E-state index < -0.39 is 0 Å². The molecule has 5 aromatic heterocycles. The van der Waals surface area contributed by atoms with Gasteiger partial charge in [-0.25, -0.2) is 4.85 Å². The van der Waals surface area contributed by atoms with Crippen LogP contribution in [0.15, 0.2) is 223 Å². The first-order chi connectivity index (χ1) is 37.2. The predicted molar refractivity (Wildman–Crippen MR) is 315 cm³/mol. The average Bonchev–Trinajstić information content (AvgIpc) is 4.32. The molecule has 11 aromatic carbocycles. The van der Waals surface area contributed by atoms with Crippen LogP contribution in [0.25, 0.3) is 155 Å². The van der Waals surface area contributed by atoms with Crippen molar-refractivity contribution in [3.63, 3.8) is 0 Å². The van der Waals surface area contributed by atoms with Gasteiger partial charge in [-0.3, -0.25) is 0 Å². The Morgan fingerprint density at radius 1 is 0.413 bits per heavy atom. The summed E-state index contributed by atoms with van der Waals surface area (Å²) in [7, 11) is 0. The van der Waals surface area contributed by atoms with E-state index in [0.29, 0.717) is 28.2 Å². The van der Waals surface area contributed by atoms with Gasteiger partial charge in [0, 0.05) is 74.4 Å². The van der Waals surface area contributed by atoms with Crippen molar-refractivity contribution in [2.45, 2.75) is 0 Å². The summed E-state index contributed by atoms with van der Waals surface area (Å²) in [5.41, 5.74) is 12.7. The average molecular weight is 989 g/mol. The van der Waals surface area contributed by atoms with Crippen LogP contribution < -0.4 is 0 Å². The molecule has 0 radical (unpaired) electrons. The second kappa shape index (κ2) is 15.9. The van der Waals surface area contributed by atoms with E-state index in [9.17, 15) is 11.8 Å². The lowest BCUT2D eigenvalue weighted by atomic mass is 9.88. The van der Waals surface area contributed by atoms with Crippen LogP contribution >= 0.6 is 22.7 Å². The fraction of sp³-hybridized carbons (Fsp3) is 0. The first kappa shape index (κ1) is 41.8. The Hall–Kier alpha value is -9.76. The summed E-state index contributed by atoms with van der Waals surface area (Å²) in [6.07, 6.45) is 0. The van der Waals surface area contributed by atoms with Crippen LogP contribution in [-0.2, 0) is 0 Å². The van der Waals surface area contributed by atoms with Gasteiger partial charge in [0.15, 0.2) is 5.58 Å². The van der Waals surface area contributed by atoms with Crippen molar-refractivity contribution in [2.75, 3.05) is 0 Å². The topological polar surface area (TPSA) is 51.1 Å². The molecule has 0 spiro atoms. The maximum atomic E-state index is 12.3. The molecular formula is C68H36N4OS2. The molecule has 0 saturated carbocycles. The minimum atomic E-state index is 0.378. The zero-order chi connectivity index (χ0) is 49.5. The summed E-state index contributed by atoms with van der Waals surface area (Å²) in [6, 6.07) is 79.6. The molecule has 0 amide bonds. The summed E-state index contributed by atoms with van der Waals surface area (Å²) in [5, 5.41) is 23.1. The van der Waals surface area contributed by atoms with Crippen molar-refractivity contribution >= 4 is 134 Å². The number of para-hydroxylation sites is 1. The van der Waals surface area contributed by atoms with Crippen molar-refractivity contribution in [1.82, 2.24) is 9.13 Å². The minimum Gasteiger partial charge on any atom is -0.454 e. The van der Waals surface area contributed by atoms with E-state index in [0.717, 1.165) is 114 Å². The van der Waals surface area contributed by atoms with Crippen LogP contribution in [0.4, 0.5) is 5.69 Å². The maximum Gasteiger partial charge on any atom is 0.220 e. The van der Waals surface area contributed by atoms with Gasteiger partial charge in [0.25, 0.3) is 0 Å².